The van der Waals surface area contributed by atoms with Crippen LogP contribution < -0.4 is 5.32 Å². The highest BCUT2D eigenvalue weighted by Gasteiger charge is 2.40. The minimum absolute atomic E-state index is 0.139. The summed E-state index contributed by atoms with van der Waals surface area (Å²) >= 11 is 1.33. The molecule has 0 unspecified atom stereocenters. The highest BCUT2D eigenvalue weighted by atomic mass is 32.2. The van der Waals surface area contributed by atoms with Crippen LogP contribution in [0.25, 0.3) is 0 Å². The molecule has 1 N–H and O–H groups in total. The average Bonchev–Trinajstić information content (AvgIpc) is 3.04. The zero-order valence-electron chi connectivity index (χ0n) is 13.1. The largest absolute Gasteiger partial charge is 0.347 e. The standard InChI is InChI=1S/C17H18N2O4S/c20-15(19-7-5-17(6-8-19)22-9-10-23-17)11-14-16(21)18-12-3-1-2-4-13(12)24-14/h1-4,11H,5-10H2,(H,18,21)/b14-11-. The lowest BCUT2D eigenvalue weighted by atomic mass is 10.0. The van der Waals surface area contributed by atoms with Crippen LogP contribution in [0.4, 0.5) is 5.69 Å². The molecule has 126 valence electrons. The lowest BCUT2D eigenvalue weighted by Gasteiger charge is -2.37. The number of piperidine rings is 1. The van der Waals surface area contributed by atoms with Crippen molar-refractivity contribution in [1.29, 1.82) is 0 Å². The highest BCUT2D eigenvalue weighted by Crippen LogP contribution is 2.38. The number of para-hydroxylation sites is 1. The molecule has 2 saturated heterocycles. The highest BCUT2D eigenvalue weighted by molar-refractivity contribution is 8.04. The Hall–Kier alpha value is -1.83. The molecular weight excluding hydrogens is 328 g/mol. The zero-order valence-corrected chi connectivity index (χ0v) is 13.9. The number of benzene rings is 1. The summed E-state index contributed by atoms with van der Waals surface area (Å²) in [5, 5.41) is 2.82. The number of nitrogens with zero attached hydrogens (tertiary/aromatic N) is 1. The van der Waals surface area contributed by atoms with Crippen LogP contribution in [0, 0.1) is 0 Å². The monoisotopic (exact) mass is 346 g/mol. The number of carbonyl (C=O) groups excluding carboxylic acids is 2. The number of fused-ring (bicyclic) bond motifs is 1. The molecule has 1 aromatic carbocycles. The van der Waals surface area contributed by atoms with Gasteiger partial charge in [0.25, 0.3) is 5.91 Å². The van der Waals surface area contributed by atoms with Crippen molar-refractivity contribution in [3.63, 3.8) is 0 Å². The number of nitrogens with one attached hydrogen (secondary N) is 1. The van der Waals surface area contributed by atoms with Gasteiger partial charge in [0.15, 0.2) is 5.79 Å². The first-order chi connectivity index (χ1) is 11.7. The fourth-order valence-electron chi connectivity index (χ4n) is 3.16. The van der Waals surface area contributed by atoms with Crippen molar-refractivity contribution in [3.8, 4) is 0 Å². The summed E-state index contributed by atoms with van der Waals surface area (Å²) in [6.07, 6.45) is 2.78. The normalized spacial score (nSPS) is 24.1. The van der Waals surface area contributed by atoms with Gasteiger partial charge in [-0.05, 0) is 12.1 Å². The third-order valence-electron chi connectivity index (χ3n) is 4.48. The van der Waals surface area contributed by atoms with E-state index in [1.807, 2.05) is 24.3 Å². The van der Waals surface area contributed by atoms with Crippen molar-refractivity contribution in [2.45, 2.75) is 23.5 Å². The number of ether oxygens (including phenoxy) is 2. The second-order valence-corrected chi connectivity index (χ2v) is 7.08. The molecule has 3 aliphatic rings. The number of amides is 2. The Morgan fingerprint density at radius 2 is 1.92 bits per heavy atom. The van der Waals surface area contributed by atoms with Crippen LogP contribution in [0.1, 0.15) is 12.8 Å². The molecule has 0 atom stereocenters. The fraction of sp³-hybridized carbons (Fsp3) is 0.412. The molecule has 1 aromatic rings. The Morgan fingerprint density at radius 1 is 1.21 bits per heavy atom. The van der Waals surface area contributed by atoms with Crippen LogP contribution in [0.5, 0.6) is 0 Å². The molecule has 4 rings (SSSR count). The number of hydrogen-bond acceptors (Lipinski definition) is 5. The van der Waals surface area contributed by atoms with E-state index in [-0.39, 0.29) is 11.8 Å². The summed E-state index contributed by atoms with van der Waals surface area (Å²) in [5.74, 6) is -0.873. The van der Waals surface area contributed by atoms with E-state index in [2.05, 4.69) is 5.32 Å². The second-order valence-electron chi connectivity index (χ2n) is 5.99. The molecule has 2 amide bonds. The number of likely N-dealkylation sites (tertiary alicyclic amines) is 1. The summed E-state index contributed by atoms with van der Waals surface area (Å²) in [7, 11) is 0. The van der Waals surface area contributed by atoms with E-state index >= 15 is 0 Å². The Morgan fingerprint density at radius 3 is 2.67 bits per heavy atom. The average molecular weight is 346 g/mol. The molecule has 1 spiro atoms. The quantitative estimate of drug-likeness (QED) is 0.788. The molecule has 0 aromatic heterocycles. The van der Waals surface area contributed by atoms with Crippen LogP contribution in [0.15, 0.2) is 40.1 Å². The minimum atomic E-state index is -0.500. The van der Waals surface area contributed by atoms with Crippen molar-refractivity contribution < 1.29 is 19.1 Å². The SMILES string of the molecule is O=C1Nc2ccccc2S/C1=C\C(=O)N1CCC2(CC1)OCCO2. The van der Waals surface area contributed by atoms with Gasteiger partial charge in [0, 0.05) is 36.9 Å². The minimum Gasteiger partial charge on any atom is -0.347 e. The van der Waals surface area contributed by atoms with Crippen LogP contribution in [0.2, 0.25) is 0 Å². The first kappa shape index (κ1) is 15.7. The van der Waals surface area contributed by atoms with Gasteiger partial charge in [-0.25, -0.2) is 0 Å². The van der Waals surface area contributed by atoms with Gasteiger partial charge in [0.1, 0.15) is 0 Å². The maximum absolute atomic E-state index is 12.5. The molecule has 7 heteroatoms. The molecule has 0 aliphatic carbocycles. The first-order valence-electron chi connectivity index (χ1n) is 8.02. The van der Waals surface area contributed by atoms with Gasteiger partial charge in [-0.2, -0.15) is 0 Å². The predicted octanol–water partition coefficient (Wildman–Crippen LogP) is 1.98. The zero-order chi connectivity index (χ0) is 16.6. The lowest BCUT2D eigenvalue weighted by molar-refractivity contribution is -0.186. The maximum Gasteiger partial charge on any atom is 0.262 e. The summed E-state index contributed by atoms with van der Waals surface area (Å²) in [6.45, 7) is 2.39. The maximum atomic E-state index is 12.5. The predicted molar refractivity (Wildman–Crippen MR) is 89.5 cm³/mol. The van der Waals surface area contributed by atoms with E-state index in [9.17, 15) is 9.59 Å². The van der Waals surface area contributed by atoms with E-state index in [1.165, 1.54) is 17.8 Å². The van der Waals surface area contributed by atoms with Crippen molar-refractivity contribution >= 4 is 29.3 Å². The van der Waals surface area contributed by atoms with Crippen LogP contribution in [0.3, 0.4) is 0 Å². The van der Waals surface area contributed by atoms with Gasteiger partial charge >= 0.3 is 0 Å². The summed E-state index contributed by atoms with van der Waals surface area (Å²) in [4.78, 5) is 27.8. The molecule has 2 fully saturated rings. The van der Waals surface area contributed by atoms with Gasteiger partial charge in [0.05, 0.1) is 23.8 Å². The summed E-state index contributed by atoms with van der Waals surface area (Å²) < 4.78 is 11.3. The van der Waals surface area contributed by atoms with Gasteiger partial charge < -0.3 is 19.7 Å². The number of hydrogen-bond donors (Lipinski definition) is 1. The molecule has 0 radical (unpaired) electrons. The Bertz CT molecular complexity index is 702. The fourth-order valence-corrected chi connectivity index (χ4v) is 4.08. The Labute approximate surface area is 144 Å². The second kappa shape index (κ2) is 6.23. The van der Waals surface area contributed by atoms with Crippen LogP contribution in [-0.2, 0) is 19.1 Å². The number of rotatable bonds is 1. The smallest absolute Gasteiger partial charge is 0.262 e. The van der Waals surface area contributed by atoms with Crippen molar-refractivity contribution in [1.82, 2.24) is 4.90 Å². The van der Waals surface area contributed by atoms with Gasteiger partial charge in [-0.1, -0.05) is 23.9 Å². The molecule has 0 bridgehead atoms. The first-order valence-corrected chi connectivity index (χ1v) is 8.84. The van der Waals surface area contributed by atoms with Crippen LogP contribution in [-0.4, -0.2) is 48.8 Å². The molecule has 24 heavy (non-hydrogen) atoms. The van der Waals surface area contributed by atoms with E-state index in [1.54, 1.807) is 4.90 Å². The van der Waals surface area contributed by atoms with E-state index in [0.29, 0.717) is 44.1 Å². The summed E-state index contributed by atoms with van der Waals surface area (Å²) in [5.41, 5.74) is 0.785. The molecule has 6 nitrogen and oxygen atoms in total. The van der Waals surface area contributed by atoms with Gasteiger partial charge in [-0.15, -0.1) is 0 Å². The Balaban J connectivity index is 1.44. The summed E-state index contributed by atoms with van der Waals surface area (Å²) in [6, 6.07) is 7.56. The van der Waals surface area contributed by atoms with Crippen LogP contribution >= 0.6 is 11.8 Å². The van der Waals surface area contributed by atoms with Crippen molar-refractivity contribution in [3.05, 3.63) is 35.2 Å². The van der Waals surface area contributed by atoms with Crippen molar-refractivity contribution in [2.24, 2.45) is 0 Å². The molecule has 3 aliphatic heterocycles. The third-order valence-corrected chi connectivity index (χ3v) is 5.58. The molecule has 0 saturated carbocycles. The molecule has 3 heterocycles. The number of anilines is 1. The Kier molecular flexibility index (Phi) is 4.07. The number of thioether (sulfide) groups is 1. The van der Waals surface area contributed by atoms with Gasteiger partial charge in [-0.3, -0.25) is 9.59 Å². The van der Waals surface area contributed by atoms with Crippen molar-refractivity contribution in [2.75, 3.05) is 31.6 Å². The van der Waals surface area contributed by atoms with E-state index in [0.717, 1.165) is 10.6 Å². The third kappa shape index (κ3) is 2.94. The number of carbonyl (C=O) groups is 2. The van der Waals surface area contributed by atoms with E-state index in [4.69, 9.17) is 9.47 Å². The van der Waals surface area contributed by atoms with E-state index < -0.39 is 5.79 Å². The molecular formula is C17H18N2O4S. The van der Waals surface area contributed by atoms with Gasteiger partial charge in [0.2, 0.25) is 5.91 Å². The topological polar surface area (TPSA) is 67.9 Å². The lowest BCUT2D eigenvalue weighted by Crippen LogP contribution is -2.47.